The summed E-state index contributed by atoms with van der Waals surface area (Å²) in [4.78, 5) is 6.67. The van der Waals surface area contributed by atoms with Crippen LogP contribution in [0.15, 0.2) is 29.6 Å². The van der Waals surface area contributed by atoms with E-state index < -0.39 is 0 Å². The highest BCUT2D eigenvalue weighted by atomic mass is 32.2. The van der Waals surface area contributed by atoms with Gasteiger partial charge in [-0.1, -0.05) is 17.8 Å². The van der Waals surface area contributed by atoms with Crippen molar-refractivity contribution in [2.75, 3.05) is 31.2 Å². The van der Waals surface area contributed by atoms with Crippen molar-refractivity contribution in [2.45, 2.75) is 29.8 Å². The minimum absolute atomic E-state index is 0.569. The lowest BCUT2D eigenvalue weighted by Gasteiger charge is -2.27. The highest BCUT2D eigenvalue weighted by Gasteiger charge is 2.32. The summed E-state index contributed by atoms with van der Waals surface area (Å²) in [5, 5.41) is 9.90. The number of anilines is 1. The molecular weight excluding hydrogens is 298 g/mol. The molecule has 2 aromatic heterocycles. The smallest absolute Gasteiger partial charge is 0.228 e. The van der Waals surface area contributed by atoms with E-state index in [0.29, 0.717) is 6.04 Å². The third-order valence-electron chi connectivity index (χ3n) is 3.93. The molecule has 0 bridgehead atoms. The van der Waals surface area contributed by atoms with Crippen LogP contribution in [0, 0.1) is 0 Å². The summed E-state index contributed by atoms with van der Waals surface area (Å²) in [5.41, 5.74) is 1.07. The van der Waals surface area contributed by atoms with Crippen molar-refractivity contribution >= 4 is 17.7 Å². The van der Waals surface area contributed by atoms with Gasteiger partial charge in [0.1, 0.15) is 0 Å². The molecule has 22 heavy (non-hydrogen) atoms. The number of rotatable bonds is 5. The van der Waals surface area contributed by atoms with E-state index in [1.165, 1.54) is 12.8 Å². The van der Waals surface area contributed by atoms with Gasteiger partial charge in [-0.25, -0.2) is 0 Å². The number of thioether (sulfide) groups is 1. The number of pyridine rings is 1. The van der Waals surface area contributed by atoms with Crippen molar-refractivity contribution in [2.24, 2.45) is 0 Å². The summed E-state index contributed by atoms with van der Waals surface area (Å²) in [6, 6.07) is 6.58. The molecule has 7 heteroatoms. The molecule has 0 unspecified atom stereocenters. The van der Waals surface area contributed by atoms with E-state index in [-0.39, 0.29) is 0 Å². The van der Waals surface area contributed by atoms with Gasteiger partial charge in [0.15, 0.2) is 5.16 Å². The molecule has 0 aromatic carbocycles. The number of aromatic nitrogens is 4. The van der Waals surface area contributed by atoms with Crippen molar-refractivity contribution in [3.05, 3.63) is 30.1 Å². The molecule has 0 atom stereocenters. The lowest BCUT2D eigenvalue weighted by Crippen LogP contribution is -2.38. The highest BCUT2D eigenvalue weighted by Crippen LogP contribution is 2.41. The van der Waals surface area contributed by atoms with Crippen LogP contribution in [0.2, 0.25) is 0 Å². The first-order chi connectivity index (χ1) is 10.9. The second-order valence-electron chi connectivity index (χ2n) is 5.59. The molecule has 2 aliphatic rings. The normalized spacial score (nSPS) is 18.6. The van der Waals surface area contributed by atoms with E-state index in [1.807, 2.05) is 24.4 Å². The highest BCUT2D eigenvalue weighted by molar-refractivity contribution is 7.98. The van der Waals surface area contributed by atoms with Gasteiger partial charge in [-0.05, 0) is 25.0 Å². The molecule has 0 spiro atoms. The number of nitrogens with zero attached hydrogens (tertiary/aromatic N) is 5. The molecule has 0 radical (unpaired) electrons. The van der Waals surface area contributed by atoms with Crippen LogP contribution in [-0.2, 0) is 10.5 Å². The maximum Gasteiger partial charge on any atom is 0.228 e. The Labute approximate surface area is 133 Å². The first kappa shape index (κ1) is 14.0. The third-order valence-corrected chi connectivity index (χ3v) is 4.90. The van der Waals surface area contributed by atoms with E-state index in [0.717, 1.165) is 48.9 Å². The van der Waals surface area contributed by atoms with E-state index in [1.54, 1.807) is 11.8 Å². The van der Waals surface area contributed by atoms with Gasteiger partial charge in [-0.15, -0.1) is 10.2 Å². The average molecular weight is 317 g/mol. The summed E-state index contributed by atoms with van der Waals surface area (Å²) in [5.74, 6) is 1.84. The molecule has 116 valence electrons. The Bertz CT molecular complexity index is 622. The minimum atomic E-state index is 0.569. The number of hydrogen-bond donors (Lipinski definition) is 0. The SMILES string of the molecule is c1ccc(CSc2nnc(N3CCOCC3)n2C2CC2)nc1. The second kappa shape index (κ2) is 6.26. The number of hydrogen-bond acceptors (Lipinski definition) is 6. The standard InChI is InChI=1S/C15H19N5OS/c1-2-6-16-12(3-1)11-22-15-18-17-14(20(15)13-4-5-13)19-7-9-21-10-8-19/h1-3,6,13H,4-5,7-11H2. The van der Waals surface area contributed by atoms with Crippen LogP contribution in [-0.4, -0.2) is 46.1 Å². The first-order valence-corrected chi connectivity index (χ1v) is 8.70. The number of morpholine rings is 1. The zero-order chi connectivity index (χ0) is 14.8. The van der Waals surface area contributed by atoms with Crippen LogP contribution in [0.1, 0.15) is 24.6 Å². The van der Waals surface area contributed by atoms with Gasteiger partial charge in [-0.2, -0.15) is 0 Å². The fraction of sp³-hybridized carbons (Fsp3) is 0.533. The van der Waals surface area contributed by atoms with E-state index in [2.05, 4.69) is 24.6 Å². The summed E-state index contributed by atoms with van der Waals surface area (Å²) in [6.45, 7) is 3.34. The van der Waals surface area contributed by atoms with Crippen molar-refractivity contribution in [3.63, 3.8) is 0 Å². The van der Waals surface area contributed by atoms with Gasteiger partial charge in [0.2, 0.25) is 5.95 Å². The molecule has 1 saturated carbocycles. The van der Waals surface area contributed by atoms with Crippen LogP contribution < -0.4 is 4.90 Å². The van der Waals surface area contributed by atoms with Gasteiger partial charge in [0, 0.05) is 31.1 Å². The monoisotopic (exact) mass is 317 g/mol. The molecule has 2 aromatic rings. The minimum Gasteiger partial charge on any atom is -0.378 e. The zero-order valence-electron chi connectivity index (χ0n) is 12.4. The zero-order valence-corrected chi connectivity index (χ0v) is 13.2. The van der Waals surface area contributed by atoms with E-state index >= 15 is 0 Å². The quantitative estimate of drug-likeness (QED) is 0.788. The Morgan fingerprint density at radius 3 is 2.77 bits per heavy atom. The van der Waals surface area contributed by atoms with Crippen LogP contribution in [0.3, 0.4) is 0 Å². The van der Waals surface area contributed by atoms with Crippen molar-refractivity contribution in [1.82, 2.24) is 19.7 Å². The van der Waals surface area contributed by atoms with Gasteiger partial charge < -0.3 is 9.64 Å². The molecule has 2 fully saturated rings. The Hall–Kier alpha value is -1.60. The fourth-order valence-electron chi connectivity index (χ4n) is 2.62. The van der Waals surface area contributed by atoms with Crippen LogP contribution in [0.25, 0.3) is 0 Å². The van der Waals surface area contributed by atoms with E-state index in [4.69, 9.17) is 4.74 Å². The van der Waals surface area contributed by atoms with Crippen LogP contribution in [0.4, 0.5) is 5.95 Å². The molecule has 3 heterocycles. The molecule has 6 nitrogen and oxygen atoms in total. The molecule has 0 amide bonds. The summed E-state index contributed by atoms with van der Waals surface area (Å²) in [6.07, 6.45) is 4.29. The van der Waals surface area contributed by atoms with Crippen LogP contribution in [0.5, 0.6) is 0 Å². The topological polar surface area (TPSA) is 56.1 Å². The van der Waals surface area contributed by atoms with Gasteiger partial charge in [0.25, 0.3) is 0 Å². The van der Waals surface area contributed by atoms with Crippen molar-refractivity contribution in [1.29, 1.82) is 0 Å². The fourth-order valence-corrected chi connectivity index (χ4v) is 3.54. The van der Waals surface area contributed by atoms with Crippen LogP contribution >= 0.6 is 11.8 Å². The Morgan fingerprint density at radius 2 is 2.05 bits per heavy atom. The molecule has 4 rings (SSSR count). The molecule has 1 aliphatic carbocycles. The summed E-state index contributed by atoms with van der Waals surface area (Å²) >= 11 is 1.72. The molecular formula is C15H19N5OS. The predicted octanol–water partition coefficient (Wildman–Crippen LogP) is 2.14. The summed E-state index contributed by atoms with van der Waals surface area (Å²) < 4.78 is 7.76. The largest absolute Gasteiger partial charge is 0.378 e. The lowest BCUT2D eigenvalue weighted by molar-refractivity contribution is 0.121. The third kappa shape index (κ3) is 2.96. The molecule has 1 aliphatic heterocycles. The van der Waals surface area contributed by atoms with Crippen molar-refractivity contribution < 1.29 is 4.74 Å². The predicted molar refractivity (Wildman–Crippen MR) is 85.1 cm³/mol. The second-order valence-corrected chi connectivity index (χ2v) is 6.54. The Morgan fingerprint density at radius 1 is 1.18 bits per heavy atom. The van der Waals surface area contributed by atoms with E-state index in [9.17, 15) is 0 Å². The Kier molecular flexibility index (Phi) is 3.99. The molecule has 1 saturated heterocycles. The number of ether oxygens (including phenoxy) is 1. The van der Waals surface area contributed by atoms with Gasteiger partial charge in [-0.3, -0.25) is 9.55 Å². The van der Waals surface area contributed by atoms with Gasteiger partial charge in [0.05, 0.1) is 18.9 Å². The molecule has 0 N–H and O–H groups in total. The maximum absolute atomic E-state index is 5.44. The van der Waals surface area contributed by atoms with Crippen molar-refractivity contribution in [3.8, 4) is 0 Å². The maximum atomic E-state index is 5.44. The van der Waals surface area contributed by atoms with Gasteiger partial charge >= 0.3 is 0 Å². The summed E-state index contributed by atoms with van der Waals surface area (Å²) in [7, 11) is 0. The Balaban J connectivity index is 1.53. The average Bonchev–Trinajstić information content (AvgIpc) is 3.34. The first-order valence-electron chi connectivity index (χ1n) is 7.72. The lowest BCUT2D eigenvalue weighted by atomic mass is 10.4.